The molecule has 2 aromatic carbocycles. The maximum absolute atomic E-state index is 11.3. The zero-order chi connectivity index (χ0) is 18.1. The topological polar surface area (TPSA) is 124 Å². The zero-order valence-corrected chi connectivity index (χ0v) is 13.1. The van der Waals surface area contributed by atoms with E-state index in [-0.39, 0.29) is 11.6 Å². The van der Waals surface area contributed by atoms with Gasteiger partial charge in [-0.25, -0.2) is 4.68 Å². The number of rotatable bonds is 4. The number of hydrogen-bond donors (Lipinski definition) is 1. The van der Waals surface area contributed by atoms with E-state index in [1.807, 2.05) is 0 Å². The van der Waals surface area contributed by atoms with Crippen molar-refractivity contribution in [3.8, 4) is 22.8 Å². The van der Waals surface area contributed by atoms with Crippen LogP contribution in [0.2, 0.25) is 5.02 Å². The van der Waals surface area contributed by atoms with Gasteiger partial charge in [0.25, 0.3) is 5.69 Å². The number of nitro groups is 2. The molecule has 0 bridgehead atoms. The summed E-state index contributed by atoms with van der Waals surface area (Å²) in [6.45, 7) is 0. The van der Waals surface area contributed by atoms with Crippen LogP contribution in [0, 0.1) is 20.2 Å². The van der Waals surface area contributed by atoms with Gasteiger partial charge in [-0.05, 0) is 18.2 Å². The summed E-state index contributed by atoms with van der Waals surface area (Å²) < 4.78 is 1.15. The third-order valence-electron chi connectivity index (χ3n) is 3.43. The fourth-order valence-corrected chi connectivity index (χ4v) is 2.46. The minimum atomic E-state index is -0.743. The van der Waals surface area contributed by atoms with E-state index in [9.17, 15) is 25.3 Å². The Kier molecular flexibility index (Phi) is 4.07. The van der Waals surface area contributed by atoms with E-state index in [0.29, 0.717) is 16.3 Å². The number of aromatic hydroxyl groups is 1. The summed E-state index contributed by atoms with van der Waals surface area (Å²) in [5.74, 6) is -0.349. The molecule has 25 heavy (non-hydrogen) atoms. The molecule has 0 atom stereocenters. The largest absolute Gasteiger partial charge is 0.492 e. The van der Waals surface area contributed by atoms with Crippen LogP contribution >= 0.6 is 11.6 Å². The monoisotopic (exact) mass is 360 g/mol. The Bertz CT molecular complexity index is 984. The first-order chi connectivity index (χ1) is 11.9. The summed E-state index contributed by atoms with van der Waals surface area (Å²) in [6, 6.07) is 11.1. The third kappa shape index (κ3) is 3.12. The number of nitro benzene ring substituents is 2. The van der Waals surface area contributed by atoms with Crippen LogP contribution in [0.1, 0.15) is 0 Å². The number of hydrogen-bond acceptors (Lipinski definition) is 6. The van der Waals surface area contributed by atoms with E-state index < -0.39 is 21.2 Å². The first-order valence-corrected chi connectivity index (χ1v) is 7.23. The lowest BCUT2D eigenvalue weighted by atomic mass is 10.1. The van der Waals surface area contributed by atoms with Crippen LogP contribution in [0.25, 0.3) is 16.9 Å². The molecule has 9 nitrogen and oxygen atoms in total. The summed E-state index contributed by atoms with van der Waals surface area (Å²) in [7, 11) is 0. The Balaban J connectivity index is 2.22. The van der Waals surface area contributed by atoms with Gasteiger partial charge in [-0.3, -0.25) is 20.2 Å². The van der Waals surface area contributed by atoms with Crippen molar-refractivity contribution >= 4 is 23.0 Å². The van der Waals surface area contributed by atoms with Gasteiger partial charge in [0.2, 0.25) is 5.88 Å². The molecule has 0 aliphatic heterocycles. The molecule has 1 heterocycles. The molecule has 0 saturated carbocycles. The Morgan fingerprint density at radius 1 is 1.00 bits per heavy atom. The van der Waals surface area contributed by atoms with Crippen molar-refractivity contribution in [3.05, 3.63) is 73.8 Å². The average molecular weight is 361 g/mol. The summed E-state index contributed by atoms with van der Waals surface area (Å²) >= 11 is 5.85. The minimum Gasteiger partial charge on any atom is -0.492 e. The number of benzene rings is 2. The predicted molar refractivity (Wildman–Crippen MR) is 89.0 cm³/mol. The highest BCUT2D eigenvalue weighted by Gasteiger charge is 2.23. The standard InChI is InChI=1S/C15H9ClN4O5/c16-10-3-1-9(2-4-10)13-8-15(21)17-18(13)12-6-5-11(19(22)23)7-14(12)20(24)25/h1-8H,(H,17,21). The van der Waals surface area contributed by atoms with Gasteiger partial charge < -0.3 is 5.11 Å². The lowest BCUT2D eigenvalue weighted by Crippen LogP contribution is -2.04. The molecule has 0 fully saturated rings. The van der Waals surface area contributed by atoms with E-state index >= 15 is 0 Å². The molecule has 0 aliphatic rings. The number of aromatic nitrogens is 2. The smallest absolute Gasteiger partial charge is 0.301 e. The van der Waals surface area contributed by atoms with E-state index in [4.69, 9.17) is 11.6 Å². The summed E-state index contributed by atoms with van der Waals surface area (Å²) in [5, 5.41) is 36.3. The Morgan fingerprint density at radius 3 is 2.28 bits per heavy atom. The average Bonchev–Trinajstić information content (AvgIpc) is 2.96. The van der Waals surface area contributed by atoms with Gasteiger partial charge in [0.05, 0.1) is 21.6 Å². The highest BCUT2D eigenvalue weighted by molar-refractivity contribution is 6.30. The van der Waals surface area contributed by atoms with Crippen molar-refractivity contribution < 1.29 is 15.0 Å². The lowest BCUT2D eigenvalue weighted by Gasteiger charge is -2.08. The van der Waals surface area contributed by atoms with Crippen molar-refractivity contribution in [2.45, 2.75) is 0 Å². The molecule has 1 N–H and O–H groups in total. The van der Waals surface area contributed by atoms with Crippen LogP contribution < -0.4 is 0 Å². The van der Waals surface area contributed by atoms with Crippen LogP contribution in [-0.2, 0) is 0 Å². The maximum atomic E-state index is 11.3. The van der Waals surface area contributed by atoms with Gasteiger partial charge in [-0.2, -0.15) is 0 Å². The van der Waals surface area contributed by atoms with Crippen molar-refractivity contribution in [1.29, 1.82) is 0 Å². The molecule has 0 aliphatic carbocycles. The van der Waals surface area contributed by atoms with Gasteiger partial charge in [0.15, 0.2) is 0 Å². The Hall–Kier alpha value is -3.46. The second-order valence-corrected chi connectivity index (χ2v) is 5.43. The molecule has 0 radical (unpaired) electrons. The molecule has 126 valence electrons. The number of halogens is 1. The summed E-state index contributed by atoms with van der Waals surface area (Å²) in [5.41, 5.74) is 0.0317. The van der Waals surface area contributed by atoms with Gasteiger partial charge in [-0.1, -0.05) is 23.7 Å². The Morgan fingerprint density at radius 2 is 1.68 bits per heavy atom. The van der Waals surface area contributed by atoms with Gasteiger partial charge in [0, 0.05) is 22.7 Å². The first kappa shape index (κ1) is 16.4. The van der Waals surface area contributed by atoms with Crippen LogP contribution in [0.5, 0.6) is 5.88 Å². The highest BCUT2D eigenvalue weighted by Crippen LogP contribution is 2.33. The fourth-order valence-electron chi connectivity index (χ4n) is 2.33. The molecule has 0 unspecified atom stereocenters. The summed E-state index contributed by atoms with van der Waals surface area (Å²) in [4.78, 5) is 20.7. The van der Waals surface area contributed by atoms with Gasteiger partial charge in [-0.15, -0.1) is 5.10 Å². The SMILES string of the molecule is O=[N+]([O-])c1ccc(-n2nc(O)cc2-c2ccc(Cl)cc2)c([N+](=O)[O-])c1. The minimum absolute atomic E-state index is 0.0131. The number of nitrogens with zero attached hydrogens (tertiary/aromatic N) is 4. The second-order valence-electron chi connectivity index (χ2n) is 4.99. The normalized spacial score (nSPS) is 10.6. The van der Waals surface area contributed by atoms with Crippen molar-refractivity contribution in [1.82, 2.24) is 9.78 Å². The number of non-ortho nitro benzene ring substituents is 1. The van der Waals surface area contributed by atoms with Crippen molar-refractivity contribution in [2.75, 3.05) is 0 Å². The van der Waals surface area contributed by atoms with Crippen LogP contribution in [0.4, 0.5) is 11.4 Å². The maximum Gasteiger partial charge on any atom is 0.301 e. The van der Waals surface area contributed by atoms with Crippen LogP contribution in [0.15, 0.2) is 48.5 Å². The molecular weight excluding hydrogens is 352 g/mol. The molecular formula is C15H9ClN4O5. The van der Waals surface area contributed by atoms with E-state index in [1.165, 1.54) is 12.1 Å². The van der Waals surface area contributed by atoms with Crippen LogP contribution in [-0.4, -0.2) is 24.7 Å². The quantitative estimate of drug-likeness (QED) is 0.558. The van der Waals surface area contributed by atoms with E-state index in [1.54, 1.807) is 24.3 Å². The summed E-state index contributed by atoms with van der Waals surface area (Å²) in [6.07, 6.45) is 0. The highest BCUT2D eigenvalue weighted by atomic mass is 35.5. The third-order valence-corrected chi connectivity index (χ3v) is 3.68. The van der Waals surface area contributed by atoms with Gasteiger partial charge >= 0.3 is 5.69 Å². The predicted octanol–water partition coefficient (Wildman–Crippen LogP) is 3.71. The van der Waals surface area contributed by atoms with E-state index in [0.717, 1.165) is 16.8 Å². The molecule has 0 saturated heterocycles. The molecule has 1 aromatic heterocycles. The molecule has 0 spiro atoms. The van der Waals surface area contributed by atoms with Gasteiger partial charge in [0.1, 0.15) is 5.69 Å². The van der Waals surface area contributed by atoms with E-state index in [2.05, 4.69) is 5.10 Å². The lowest BCUT2D eigenvalue weighted by molar-refractivity contribution is -0.394. The molecule has 3 rings (SSSR count). The van der Waals surface area contributed by atoms with Crippen molar-refractivity contribution in [2.24, 2.45) is 0 Å². The Labute approximate surface area is 145 Å². The fraction of sp³-hybridized carbons (Fsp3) is 0. The molecule has 0 amide bonds. The van der Waals surface area contributed by atoms with Crippen molar-refractivity contribution in [3.63, 3.8) is 0 Å². The molecule has 10 heteroatoms. The zero-order valence-electron chi connectivity index (χ0n) is 12.4. The second kappa shape index (κ2) is 6.21. The molecule has 3 aromatic rings. The van der Waals surface area contributed by atoms with Crippen LogP contribution in [0.3, 0.4) is 0 Å². The first-order valence-electron chi connectivity index (χ1n) is 6.85.